The van der Waals surface area contributed by atoms with Crippen LogP contribution in [0, 0.1) is 5.82 Å². The summed E-state index contributed by atoms with van der Waals surface area (Å²) < 4.78 is 19.8. The maximum absolute atomic E-state index is 13.8. The molecule has 1 atom stereocenters. The number of para-hydroxylation sites is 1. The number of benzene rings is 2. The molecule has 0 fully saturated rings. The Hall–Kier alpha value is -1.87. The second-order valence-corrected chi connectivity index (χ2v) is 5.18. The van der Waals surface area contributed by atoms with Crippen molar-refractivity contribution in [3.8, 4) is 5.75 Å². The summed E-state index contributed by atoms with van der Waals surface area (Å²) in [6.07, 6.45) is 1.67. The molecule has 0 saturated carbocycles. The maximum atomic E-state index is 13.8. The van der Waals surface area contributed by atoms with Crippen LogP contribution in [0.25, 0.3) is 0 Å². The summed E-state index contributed by atoms with van der Waals surface area (Å²) in [5.41, 5.74) is 2.99. The molecule has 3 rings (SSSR count). The number of fused-ring (bicyclic) bond motifs is 1. The minimum Gasteiger partial charge on any atom is -0.488 e. The Bertz CT molecular complexity index is 612. The van der Waals surface area contributed by atoms with Crippen LogP contribution >= 0.6 is 0 Å². The van der Waals surface area contributed by atoms with Gasteiger partial charge in [0.25, 0.3) is 0 Å². The first-order valence-corrected chi connectivity index (χ1v) is 6.93. The van der Waals surface area contributed by atoms with Crippen LogP contribution < -0.4 is 10.1 Å². The third-order valence-corrected chi connectivity index (χ3v) is 3.68. The molecule has 1 N–H and O–H groups in total. The Morgan fingerprint density at radius 3 is 2.75 bits per heavy atom. The van der Waals surface area contributed by atoms with Crippen LogP contribution in [0.2, 0.25) is 0 Å². The second-order valence-electron chi connectivity index (χ2n) is 5.18. The molecule has 1 heterocycles. The Labute approximate surface area is 118 Å². The Morgan fingerprint density at radius 1 is 1.15 bits per heavy atom. The van der Waals surface area contributed by atoms with Gasteiger partial charge in [-0.2, -0.15) is 0 Å². The summed E-state index contributed by atoms with van der Waals surface area (Å²) in [5.74, 6) is 0.783. The molecule has 0 spiro atoms. The summed E-state index contributed by atoms with van der Waals surface area (Å²) in [5, 5.41) is 3.14. The van der Waals surface area contributed by atoms with E-state index >= 15 is 0 Å². The Kier molecular flexibility index (Phi) is 3.70. The molecular weight excluding hydrogens is 253 g/mol. The normalized spacial score (nSPS) is 16.8. The van der Waals surface area contributed by atoms with E-state index in [4.69, 9.17) is 4.74 Å². The molecule has 20 heavy (non-hydrogen) atoms. The molecule has 0 radical (unpaired) electrons. The molecule has 3 heteroatoms. The smallest absolute Gasteiger partial charge is 0.126 e. The van der Waals surface area contributed by atoms with Crippen molar-refractivity contribution in [2.24, 2.45) is 0 Å². The average molecular weight is 271 g/mol. The standard InChI is InChI=1S/C17H18FNO/c1-19-11-15-10-14-7-4-6-13(17(14)20-15)9-12-5-2-3-8-16(12)18/h2-8,15,19H,9-11H2,1H3. The first-order valence-electron chi connectivity index (χ1n) is 6.93. The molecule has 104 valence electrons. The largest absolute Gasteiger partial charge is 0.488 e. The van der Waals surface area contributed by atoms with Gasteiger partial charge in [-0.15, -0.1) is 0 Å². The number of rotatable bonds is 4. The monoisotopic (exact) mass is 271 g/mol. The van der Waals surface area contributed by atoms with Gasteiger partial charge in [-0.05, 0) is 29.8 Å². The molecule has 2 aromatic carbocycles. The first kappa shape index (κ1) is 13.1. The number of ether oxygens (including phenoxy) is 1. The highest BCUT2D eigenvalue weighted by molar-refractivity contribution is 5.47. The fourth-order valence-electron chi connectivity index (χ4n) is 2.73. The Balaban J connectivity index is 1.86. The predicted octanol–water partition coefficient (Wildman–Crippen LogP) is 2.94. The molecule has 2 aromatic rings. The zero-order valence-corrected chi connectivity index (χ0v) is 11.5. The molecule has 0 amide bonds. The van der Waals surface area contributed by atoms with Gasteiger partial charge in [0.05, 0.1) is 0 Å². The molecule has 1 aliphatic heterocycles. The summed E-state index contributed by atoms with van der Waals surface area (Å²) in [6.45, 7) is 0.827. The van der Waals surface area contributed by atoms with Crippen molar-refractivity contribution in [1.82, 2.24) is 5.32 Å². The number of likely N-dealkylation sites (N-methyl/N-ethyl adjacent to an activating group) is 1. The van der Waals surface area contributed by atoms with Gasteiger partial charge in [-0.1, -0.05) is 36.4 Å². The fourth-order valence-corrected chi connectivity index (χ4v) is 2.73. The summed E-state index contributed by atoms with van der Waals surface area (Å²) in [4.78, 5) is 0. The zero-order chi connectivity index (χ0) is 13.9. The highest BCUT2D eigenvalue weighted by atomic mass is 19.1. The van der Waals surface area contributed by atoms with Crippen molar-refractivity contribution in [3.63, 3.8) is 0 Å². The van der Waals surface area contributed by atoms with Crippen LogP contribution in [0.5, 0.6) is 5.75 Å². The van der Waals surface area contributed by atoms with Crippen molar-refractivity contribution in [3.05, 3.63) is 65.0 Å². The third-order valence-electron chi connectivity index (χ3n) is 3.68. The van der Waals surface area contributed by atoms with Crippen LogP contribution in [0.15, 0.2) is 42.5 Å². The third kappa shape index (κ3) is 2.54. The number of nitrogens with one attached hydrogen (secondary N) is 1. The number of hydrogen-bond acceptors (Lipinski definition) is 2. The highest BCUT2D eigenvalue weighted by Gasteiger charge is 2.24. The van der Waals surface area contributed by atoms with Gasteiger partial charge in [-0.25, -0.2) is 4.39 Å². The van der Waals surface area contributed by atoms with E-state index in [-0.39, 0.29) is 11.9 Å². The lowest BCUT2D eigenvalue weighted by Gasteiger charge is -2.12. The van der Waals surface area contributed by atoms with E-state index in [1.807, 2.05) is 31.3 Å². The molecule has 0 saturated heterocycles. The van der Waals surface area contributed by atoms with Gasteiger partial charge < -0.3 is 10.1 Å². The molecule has 2 nitrogen and oxygen atoms in total. The molecule has 0 bridgehead atoms. The topological polar surface area (TPSA) is 21.3 Å². The summed E-state index contributed by atoms with van der Waals surface area (Å²) in [6, 6.07) is 13.1. The van der Waals surface area contributed by atoms with Gasteiger partial charge in [0, 0.05) is 19.4 Å². The maximum Gasteiger partial charge on any atom is 0.126 e. The van der Waals surface area contributed by atoms with Crippen LogP contribution in [0.3, 0.4) is 0 Å². The van der Waals surface area contributed by atoms with E-state index in [1.54, 1.807) is 6.07 Å². The van der Waals surface area contributed by atoms with E-state index in [1.165, 1.54) is 11.6 Å². The highest BCUT2D eigenvalue weighted by Crippen LogP contribution is 2.33. The van der Waals surface area contributed by atoms with E-state index < -0.39 is 0 Å². The fraction of sp³-hybridized carbons (Fsp3) is 0.294. The van der Waals surface area contributed by atoms with E-state index in [0.717, 1.165) is 24.3 Å². The van der Waals surface area contributed by atoms with Gasteiger partial charge in [-0.3, -0.25) is 0 Å². The Morgan fingerprint density at radius 2 is 1.95 bits per heavy atom. The number of halogens is 1. The van der Waals surface area contributed by atoms with Gasteiger partial charge in [0.1, 0.15) is 17.7 Å². The van der Waals surface area contributed by atoms with Crippen LogP contribution in [0.1, 0.15) is 16.7 Å². The quantitative estimate of drug-likeness (QED) is 0.923. The molecule has 0 aliphatic carbocycles. The van der Waals surface area contributed by atoms with Crippen molar-refractivity contribution in [2.75, 3.05) is 13.6 Å². The molecule has 1 aliphatic rings. The van der Waals surface area contributed by atoms with E-state index in [2.05, 4.69) is 11.4 Å². The van der Waals surface area contributed by atoms with Crippen LogP contribution in [-0.4, -0.2) is 19.7 Å². The van der Waals surface area contributed by atoms with E-state index in [9.17, 15) is 4.39 Å². The minimum absolute atomic E-state index is 0.158. The average Bonchev–Trinajstić information content (AvgIpc) is 2.85. The first-order chi connectivity index (χ1) is 9.78. The lowest BCUT2D eigenvalue weighted by Crippen LogP contribution is -2.27. The summed E-state index contributed by atoms with van der Waals surface area (Å²) >= 11 is 0. The van der Waals surface area contributed by atoms with Crippen LogP contribution in [-0.2, 0) is 12.8 Å². The van der Waals surface area contributed by atoms with Crippen molar-refractivity contribution in [2.45, 2.75) is 18.9 Å². The minimum atomic E-state index is -0.158. The van der Waals surface area contributed by atoms with E-state index in [0.29, 0.717) is 12.0 Å². The zero-order valence-electron chi connectivity index (χ0n) is 11.5. The summed E-state index contributed by atoms with van der Waals surface area (Å²) in [7, 11) is 1.92. The van der Waals surface area contributed by atoms with Gasteiger partial charge >= 0.3 is 0 Å². The molecular formula is C17H18FNO. The molecule has 1 unspecified atom stereocenters. The van der Waals surface area contributed by atoms with Crippen LogP contribution in [0.4, 0.5) is 4.39 Å². The number of hydrogen-bond donors (Lipinski definition) is 1. The van der Waals surface area contributed by atoms with Crippen molar-refractivity contribution < 1.29 is 9.13 Å². The SMILES string of the molecule is CNCC1Cc2cccc(Cc3ccccc3F)c2O1. The van der Waals surface area contributed by atoms with Crippen molar-refractivity contribution in [1.29, 1.82) is 0 Å². The predicted molar refractivity (Wildman–Crippen MR) is 77.7 cm³/mol. The van der Waals surface area contributed by atoms with Gasteiger partial charge in [0.15, 0.2) is 0 Å². The van der Waals surface area contributed by atoms with Crippen molar-refractivity contribution >= 4 is 0 Å². The molecule has 0 aromatic heterocycles. The lowest BCUT2D eigenvalue weighted by molar-refractivity contribution is 0.230. The van der Waals surface area contributed by atoms with Gasteiger partial charge in [0.2, 0.25) is 0 Å². The second kappa shape index (κ2) is 5.63. The lowest BCUT2D eigenvalue weighted by atomic mass is 10.0.